The Hall–Kier alpha value is -2.53. The van der Waals surface area contributed by atoms with Gasteiger partial charge in [-0.25, -0.2) is 9.38 Å². The molecule has 1 atom stereocenters. The van der Waals surface area contributed by atoms with E-state index in [0.29, 0.717) is 28.3 Å². The molecule has 3 aliphatic rings. The van der Waals surface area contributed by atoms with Gasteiger partial charge in [-0.2, -0.15) is 0 Å². The maximum atomic E-state index is 13.8. The molecule has 1 unspecified atom stereocenters. The summed E-state index contributed by atoms with van der Waals surface area (Å²) in [5, 5.41) is 0. The van der Waals surface area contributed by atoms with Crippen molar-refractivity contribution in [3.63, 3.8) is 0 Å². The van der Waals surface area contributed by atoms with E-state index in [1.807, 2.05) is 0 Å². The first kappa shape index (κ1) is 12.2. The molecule has 0 amide bonds. The number of carbonyl (C=O) groups excluding carboxylic acids is 1. The van der Waals surface area contributed by atoms with Crippen LogP contribution < -0.4 is 0 Å². The average molecular weight is 283 g/mol. The molecule has 2 aliphatic heterocycles. The van der Waals surface area contributed by atoms with E-state index in [9.17, 15) is 9.18 Å². The number of fused-ring (bicyclic) bond motifs is 2. The van der Waals surface area contributed by atoms with E-state index in [0.717, 1.165) is 0 Å². The Morgan fingerprint density at radius 2 is 2.10 bits per heavy atom. The van der Waals surface area contributed by atoms with Crippen LogP contribution in [0.1, 0.15) is 5.56 Å². The second kappa shape index (κ2) is 4.49. The third-order valence-corrected chi connectivity index (χ3v) is 3.55. The Balaban J connectivity index is 1.81. The first-order chi connectivity index (χ1) is 10.2. The van der Waals surface area contributed by atoms with Crippen LogP contribution in [0, 0.1) is 5.82 Å². The molecule has 1 aromatic rings. The largest absolute Gasteiger partial charge is 0.469 e. The normalized spacial score (nSPS) is 23.3. The van der Waals surface area contributed by atoms with Gasteiger partial charge in [0, 0.05) is 23.3 Å². The monoisotopic (exact) mass is 283 g/mol. The van der Waals surface area contributed by atoms with E-state index in [1.165, 1.54) is 12.1 Å². The summed E-state index contributed by atoms with van der Waals surface area (Å²) in [7, 11) is 0. The molecule has 4 rings (SSSR count). The maximum Gasteiger partial charge on any atom is 0.189 e. The Morgan fingerprint density at radius 1 is 1.24 bits per heavy atom. The lowest BCUT2D eigenvalue weighted by molar-refractivity contribution is -0.110. The Bertz CT molecular complexity index is 773. The quantitative estimate of drug-likeness (QED) is 0.795. The van der Waals surface area contributed by atoms with Gasteiger partial charge >= 0.3 is 0 Å². The van der Waals surface area contributed by atoms with E-state index < -0.39 is 5.82 Å². The number of ketones is 1. The summed E-state index contributed by atoms with van der Waals surface area (Å²) < 4.78 is 24.5. The number of halogens is 1. The highest BCUT2D eigenvalue weighted by Gasteiger charge is 2.32. The molecule has 0 aromatic heterocycles. The fourth-order valence-corrected chi connectivity index (χ4v) is 2.51. The molecular weight excluding hydrogens is 273 g/mol. The summed E-state index contributed by atoms with van der Waals surface area (Å²) in [6, 6.07) is 6.24. The summed E-state index contributed by atoms with van der Waals surface area (Å²) in [5.74, 6) is 0.0132. The van der Waals surface area contributed by atoms with Crippen LogP contribution in [-0.2, 0) is 14.3 Å². The molecule has 1 aliphatic carbocycles. The van der Waals surface area contributed by atoms with Crippen LogP contribution in [0.2, 0.25) is 0 Å². The number of hydrogen-bond donors (Lipinski definition) is 0. The van der Waals surface area contributed by atoms with Gasteiger partial charge in [-0.1, -0.05) is 12.1 Å². The highest BCUT2D eigenvalue weighted by molar-refractivity contribution is 6.34. The molecule has 0 saturated carbocycles. The molecular formula is C16H10FNO3. The number of carbonyl (C=O) groups is 1. The lowest BCUT2D eigenvalue weighted by Gasteiger charge is -2.19. The average Bonchev–Trinajstić information content (AvgIpc) is 2.93. The Kier molecular flexibility index (Phi) is 2.62. The van der Waals surface area contributed by atoms with Crippen molar-refractivity contribution in [3.8, 4) is 0 Å². The van der Waals surface area contributed by atoms with Crippen LogP contribution in [0.3, 0.4) is 0 Å². The van der Waals surface area contributed by atoms with Crippen LogP contribution in [0.4, 0.5) is 4.39 Å². The molecule has 0 N–H and O–H groups in total. The van der Waals surface area contributed by atoms with Crippen LogP contribution in [0.15, 0.2) is 58.8 Å². The minimum Gasteiger partial charge on any atom is -0.469 e. The van der Waals surface area contributed by atoms with Crippen molar-refractivity contribution in [1.29, 1.82) is 0 Å². The number of ether oxygens (including phenoxy) is 2. The third-order valence-electron chi connectivity index (χ3n) is 3.55. The minimum atomic E-state index is -0.407. The highest BCUT2D eigenvalue weighted by Crippen LogP contribution is 2.31. The molecule has 5 heteroatoms. The lowest BCUT2D eigenvalue weighted by Crippen LogP contribution is -2.22. The zero-order chi connectivity index (χ0) is 14.4. The number of nitrogens with zero attached hydrogens (tertiary/aromatic N) is 1. The zero-order valence-electron chi connectivity index (χ0n) is 10.9. The van der Waals surface area contributed by atoms with Gasteiger partial charge < -0.3 is 9.47 Å². The van der Waals surface area contributed by atoms with Crippen LogP contribution >= 0.6 is 0 Å². The predicted octanol–water partition coefficient (Wildman–Crippen LogP) is 2.39. The van der Waals surface area contributed by atoms with Crippen molar-refractivity contribution in [3.05, 3.63) is 65.2 Å². The summed E-state index contributed by atoms with van der Waals surface area (Å²) in [4.78, 5) is 16.6. The van der Waals surface area contributed by atoms with Gasteiger partial charge in [-0.15, -0.1) is 0 Å². The Morgan fingerprint density at radius 3 is 2.95 bits per heavy atom. The first-order valence-corrected chi connectivity index (χ1v) is 6.50. The second-order valence-corrected chi connectivity index (χ2v) is 4.85. The van der Waals surface area contributed by atoms with E-state index in [-0.39, 0.29) is 18.7 Å². The highest BCUT2D eigenvalue weighted by atomic mass is 19.1. The molecule has 1 aromatic carbocycles. The number of benzene rings is 1. The molecule has 4 nitrogen and oxygen atoms in total. The molecule has 104 valence electrons. The number of aliphatic imine (C=N–C) groups is 1. The van der Waals surface area contributed by atoms with Crippen molar-refractivity contribution >= 4 is 17.2 Å². The van der Waals surface area contributed by atoms with Crippen LogP contribution in [0.5, 0.6) is 0 Å². The molecule has 0 spiro atoms. The molecule has 1 fully saturated rings. The molecule has 0 bridgehead atoms. The van der Waals surface area contributed by atoms with E-state index >= 15 is 0 Å². The van der Waals surface area contributed by atoms with Gasteiger partial charge in [0.1, 0.15) is 17.7 Å². The molecule has 21 heavy (non-hydrogen) atoms. The Labute approximate surface area is 119 Å². The summed E-state index contributed by atoms with van der Waals surface area (Å²) in [5.41, 5.74) is 1.58. The van der Waals surface area contributed by atoms with Gasteiger partial charge in [0.2, 0.25) is 0 Å². The minimum absolute atomic E-state index is 0.162. The standard InChI is InChI=1S/C16H10FNO3/c17-11-4-2-1-3-9(11)12-6-14(19)10-5-15-16(21-8-20-15)7-13(10)18-12/h1-7,15H,8H2. The van der Waals surface area contributed by atoms with Crippen molar-refractivity contribution in [2.24, 2.45) is 4.99 Å². The summed E-state index contributed by atoms with van der Waals surface area (Å²) in [6.07, 6.45) is 4.39. The van der Waals surface area contributed by atoms with Gasteiger partial charge in [0.05, 0.1) is 11.4 Å². The summed E-state index contributed by atoms with van der Waals surface area (Å²) >= 11 is 0. The van der Waals surface area contributed by atoms with Crippen LogP contribution in [-0.4, -0.2) is 24.4 Å². The maximum absolute atomic E-state index is 13.8. The van der Waals surface area contributed by atoms with Crippen LogP contribution in [0.25, 0.3) is 5.70 Å². The summed E-state index contributed by atoms with van der Waals surface area (Å²) in [6.45, 7) is 0.162. The van der Waals surface area contributed by atoms with Crippen molar-refractivity contribution in [1.82, 2.24) is 0 Å². The second-order valence-electron chi connectivity index (χ2n) is 4.85. The van der Waals surface area contributed by atoms with Crippen molar-refractivity contribution < 1.29 is 18.7 Å². The molecule has 2 heterocycles. The van der Waals surface area contributed by atoms with Crippen molar-refractivity contribution in [2.75, 3.05) is 6.79 Å². The van der Waals surface area contributed by atoms with E-state index in [4.69, 9.17) is 9.47 Å². The topological polar surface area (TPSA) is 47.9 Å². The zero-order valence-corrected chi connectivity index (χ0v) is 10.9. The smallest absolute Gasteiger partial charge is 0.189 e. The third kappa shape index (κ3) is 1.94. The van der Waals surface area contributed by atoms with Gasteiger partial charge in [-0.05, 0) is 18.2 Å². The van der Waals surface area contributed by atoms with Gasteiger partial charge in [0.25, 0.3) is 0 Å². The number of hydrogen-bond acceptors (Lipinski definition) is 4. The molecule has 0 radical (unpaired) electrons. The fraction of sp³-hybridized carbons (Fsp3) is 0.125. The number of rotatable bonds is 1. The van der Waals surface area contributed by atoms with E-state index in [2.05, 4.69) is 4.99 Å². The lowest BCUT2D eigenvalue weighted by atomic mass is 9.93. The van der Waals surface area contributed by atoms with Crippen molar-refractivity contribution in [2.45, 2.75) is 6.10 Å². The fourth-order valence-electron chi connectivity index (χ4n) is 2.51. The first-order valence-electron chi connectivity index (χ1n) is 6.50. The van der Waals surface area contributed by atoms with Gasteiger partial charge in [-0.3, -0.25) is 4.79 Å². The van der Waals surface area contributed by atoms with E-state index in [1.54, 1.807) is 30.4 Å². The molecule has 1 saturated heterocycles. The van der Waals surface area contributed by atoms with Gasteiger partial charge in [0.15, 0.2) is 12.6 Å². The predicted molar refractivity (Wildman–Crippen MR) is 73.8 cm³/mol. The SMILES string of the molecule is O=C1C=C(c2ccccc2F)N=C2C=C3OCOC3C=C12. The number of allylic oxidation sites excluding steroid dienone is 3.